The molecule has 1 aliphatic heterocycles. The van der Waals surface area contributed by atoms with Crippen molar-refractivity contribution in [3.8, 4) is 0 Å². The average molecular weight is 246 g/mol. The van der Waals surface area contributed by atoms with Gasteiger partial charge in [0.15, 0.2) is 0 Å². The maximum atomic E-state index is 12.1. The fourth-order valence-electron chi connectivity index (χ4n) is 2.19. The first kappa shape index (κ1) is 10.7. The fraction of sp³-hybridized carbons (Fsp3) is 0.308. The molecule has 4 heteroatoms. The molecular formula is C13H14N2OS. The Bertz CT molecular complexity index is 543. The summed E-state index contributed by atoms with van der Waals surface area (Å²) >= 11 is 1.62. The molecule has 0 radical (unpaired) electrons. The van der Waals surface area contributed by atoms with Gasteiger partial charge < -0.3 is 10.6 Å². The molecule has 0 saturated carbocycles. The molecule has 3 nitrogen and oxygen atoms in total. The van der Waals surface area contributed by atoms with Crippen LogP contribution < -0.4 is 10.6 Å². The van der Waals surface area contributed by atoms with E-state index in [0.717, 1.165) is 30.5 Å². The number of rotatable bonds is 2. The monoisotopic (exact) mass is 246 g/mol. The molecule has 3 rings (SSSR count). The maximum absolute atomic E-state index is 12.1. The minimum atomic E-state index is 0.0520. The molecule has 1 aliphatic rings. The summed E-state index contributed by atoms with van der Waals surface area (Å²) in [7, 11) is 0. The SMILES string of the molecule is O=C(N[C@H]1CCNC1)c1csc2ccccc12. The second kappa shape index (κ2) is 4.47. The highest BCUT2D eigenvalue weighted by Crippen LogP contribution is 2.25. The Morgan fingerprint density at radius 3 is 3.12 bits per heavy atom. The van der Waals surface area contributed by atoms with Gasteiger partial charge in [-0.25, -0.2) is 0 Å². The van der Waals surface area contributed by atoms with E-state index >= 15 is 0 Å². The molecule has 0 bridgehead atoms. The molecule has 1 aromatic carbocycles. The van der Waals surface area contributed by atoms with E-state index in [1.807, 2.05) is 29.6 Å². The predicted molar refractivity (Wildman–Crippen MR) is 70.6 cm³/mol. The summed E-state index contributed by atoms with van der Waals surface area (Å²) in [6.07, 6.45) is 1.02. The number of benzene rings is 1. The Morgan fingerprint density at radius 1 is 1.41 bits per heavy atom. The molecule has 17 heavy (non-hydrogen) atoms. The summed E-state index contributed by atoms with van der Waals surface area (Å²) in [6, 6.07) is 8.31. The van der Waals surface area contributed by atoms with Crippen LogP contribution in [-0.2, 0) is 0 Å². The third-order valence-corrected chi connectivity index (χ3v) is 4.08. The van der Waals surface area contributed by atoms with Crippen molar-refractivity contribution in [1.29, 1.82) is 0 Å². The standard InChI is InChI=1S/C13H14N2OS/c16-13(15-9-5-6-14-7-9)11-8-17-12-4-2-1-3-10(11)12/h1-4,8-9,14H,5-7H2,(H,15,16)/t9-/m0/s1. The Balaban J connectivity index is 1.85. The number of thiophene rings is 1. The largest absolute Gasteiger partial charge is 0.348 e. The van der Waals surface area contributed by atoms with Crippen LogP contribution in [0.4, 0.5) is 0 Å². The van der Waals surface area contributed by atoms with Gasteiger partial charge in [0.25, 0.3) is 5.91 Å². The first-order valence-electron chi connectivity index (χ1n) is 5.82. The van der Waals surface area contributed by atoms with Crippen molar-refractivity contribution in [3.63, 3.8) is 0 Å². The van der Waals surface area contributed by atoms with Gasteiger partial charge >= 0.3 is 0 Å². The third-order valence-electron chi connectivity index (χ3n) is 3.12. The van der Waals surface area contributed by atoms with Gasteiger partial charge in [0.2, 0.25) is 0 Å². The van der Waals surface area contributed by atoms with Gasteiger partial charge in [0.05, 0.1) is 5.56 Å². The highest BCUT2D eigenvalue weighted by atomic mass is 32.1. The molecule has 2 aromatic rings. The zero-order valence-electron chi connectivity index (χ0n) is 9.40. The van der Waals surface area contributed by atoms with Crippen LogP contribution in [0, 0.1) is 0 Å². The van der Waals surface area contributed by atoms with E-state index in [1.165, 1.54) is 4.70 Å². The lowest BCUT2D eigenvalue weighted by Gasteiger charge is -2.10. The van der Waals surface area contributed by atoms with Crippen molar-refractivity contribution < 1.29 is 4.79 Å². The van der Waals surface area contributed by atoms with Crippen molar-refractivity contribution in [1.82, 2.24) is 10.6 Å². The molecule has 2 heterocycles. The van der Waals surface area contributed by atoms with E-state index in [9.17, 15) is 4.79 Å². The number of hydrogen-bond donors (Lipinski definition) is 2. The summed E-state index contributed by atoms with van der Waals surface area (Å²) in [5, 5.41) is 9.33. The fourth-order valence-corrected chi connectivity index (χ4v) is 3.14. The Labute approximate surface area is 104 Å². The molecule has 88 valence electrons. The molecule has 0 spiro atoms. The van der Waals surface area contributed by atoms with Crippen LogP contribution in [0.1, 0.15) is 16.8 Å². The second-order valence-corrected chi connectivity index (χ2v) is 5.22. The van der Waals surface area contributed by atoms with Crippen LogP contribution in [0.3, 0.4) is 0 Å². The van der Waals surface area contributed by atoms with Gasteiger partial charge in [-0.3, -0.25) is 4.79 Å². The number of hydrogen-bond acceptors (Lipinski definition) is 3. The summed E-state index contributed by atoms with van der Waals surface area (Å²) in [4.78, 5) is 12.1. The first-order chi connectivity index (χ1) is 8.34. The minimum absolute atomic E-state index is 0.0520. The molecule has 1 atom stereocenters. The van der Waals surface area contributed by atoms with Gasteiger partial charge in [0.1, 0.15) is 0 Å². The Kier molecular flexibility index (Phi) is 2.82. The smallest absolute Gasteiger partial charge is 0.253 e. The third kappa shape index (κ3) is 2.06. The molecule has 2 N–H and O–H groups in total. The topological polar surface area (TPSA) is 41.1 Å². The van der Waals surface area contributed by atoms with Crippen LogP contribution in [0.15, 0.2) is 29.6 Å². The lowest BCUT2D eigenvalue weighted by Crippen LogP contribution is -2.36. The Hall–Kier alpha value is -1.39. The van der Waals surface area contributed by atoms with Crippen LogP contribution in [-0.4, -0.2) is 25.0 Å². The Morgan fingerprint density at radius 2 is 2.29 bits per heavy atom. The van der Waals surface area contributed by atoms with Crippen LogP contribution in [0.25, 0.3) is 10.1 Å². The lowest BCUT2D eigenvalue weighted by molar-refractivity contribution is 0.0942. The van der Waals surface area contributed by atoms with Crippen molar-refractivity contribution in [3.05, 3.63) is 35.2 Å². The summed E-state index contributed by atoms with van der Waals surface area (Å²) < 4.78 is 1.17. The summed E-state index contributed by atoms with van der Waals surface area (Å²) in [6.45, 7) is 1.88. The van der Waals surface area contributed by atoms with Gasteiger partial charge in [-0.15, -0.1) is 11.3 Å². The normalized spacial score (nSPS) is 19.6. The van der Waals surface area contributed by atoms with Crippen molar-refractivity contribution >= 4 is 27.3 Å². The van der Waals surface area contributed by atoms with Crippen LogP contribution in [0.2, 0.25) is 0 Å². The summed E-state index contributed by atoms with van der Waals surface area (Å²) in [5.74, 6) is 0.0520. The predicted octanol–water partition coefficient (Wildman–Crippen LogP) is 1.99. The van der Waals surface area contributed by atoms with Crippen molar-refractivity contribution in [2.75, 3.05) is 13.1 Å². The quantitative estimate of drug-likeness (QED) is 0.851. The van der Waals surface area contributed by atoms with Gasteiger partial charge in [-0.05, 0) is 19.0 Å². The zero-order chi connectivity index (χ0) is 11.7. The second-order valence-electron chi connectivity index (χ2n) is 4.31. The number of nitrogens with one attached hydrogen (secondary N) is 2. The van der Waals surface area contributed by atoms with Gasteiger partial charge in [0, 0.05) is 28.1 Å². The molecule has 1 saturated heterocycles. The van der Waals surface area contributed by atoms with Crippen LogP contribution in [0.5, 0.6) is 0 Å². The lowest BCUT2D eigenvalue weighted by atomic mass is 10.1. The molecule has 0 unspecified atom stereocenters. The van der Waals surface area contributed by atoms with E-state index in [-0.39, 0.29) is 11.9 Å². The minimum Gasteiger partial charge on any atom is -0.348 e. The maximum Gasteiger partial charge on any atom is 0.253 e. The van der Waals surface area contributed by atoms with E-state index in [4.69, 9.17) is 0 Å². The van der Waals surface area contributed by atoms with E-state index < -0.39 is 0 Å². The summed E-state index contributed by atoms with van der Waals surface area (Å²) in [5.41, 5.74) is 0.803. The van der Waals surface area contributed by atoms with E-state index in [2.05, 4.69) is 10.6 Å². The number of carbonyl (C=O) groups excluding carboxylic acids is 1. The first-order valence-corrected chi connectivity index (χ1v) is 6.70. The molecular weight excluding hydrogens is 232 g/mol. The van der Waals surface area contributed by atoms with Gasteiger partial charge in [-0.1, -0.05) is 18.2 Å². The molecule has 1 fully saturated rings. The highest BCUT2D eigenvalue weighted by Gasteiger charge is 2.19. The van der Waals surface area contributed by atoms with E-state index in [0.29, 0.717) is 0 Å². The van der Waals surface area contributed by atoms with Crippen molar-refractivity contribution in [2.24, 2.45) is 0 Å². The number of fused-ring (bicyclic) bond motifs is 1. The van der Waals surface area contributed by atoms with E-state index in [1.54, 1.807) is 11.3 Å². The average Bonchev–Trinajstić information content (AvgIpc) is 2.96. The molecule has 0 aliphatic carbocycles. The molecule has 1 amide bonds. The van der Waals surface area contributed by atoms with Crippen molar-refractivity contribution in [2.45, 2.75) is 12.5 Å². The number of carbonyl (C=O) groups is 1. The van der Waals surface area contributed by atoms with Crippen LogP contribution >= 0.6 is 11.3 Å². The zero-order valence-corrected chi connectivity index (χ0v) is 10.2. The highest BCUT2D eigenvalue weighted by molar-refractivity contribution is 7.17. The number of amides is 1. The molecule has 1 aromatic heterocycles. The van der Waals surface area contributed by atoms with Gasteiger partial charge in [-0.2, -0.15) is 0 Å².